The molecule has 8 aliphatic rings. The largest absolute Gasteiger partial charge is 0.296 e. The van der Waals surface area contributed by atoms with Crippen LogP contribution in [0.2, 0.25) is 0 Å². The van der Waals surface area contributed by atoms with Crippen LogP contribution >= 0.6 is 0 Å². The van der Waals surface area contributed by atoms with Crippen LogP contribution in [0.5, 0.6) is 0 Å². The van der Waals surface area contributed by atoms with Crippen LogP contribution in [0.25, 0.3) is 0 Å². The molecule has 1 aromatic rings. The predicted octanol–water partition coefficient (Wildman–Crippen LogP) is 3.20. The van der Waals surface area contributed by atoms with E-state index in [0.717, 1.165) is 76.6 Å². The molecular formula is C22H24O3S. The first-order valence-electron chi connectivity index (χ1n) is 10.5. The molecule has 0 saturated heterocycles. The molecule has 8 fully saturated rings. The zero-order valence-electron chi connectivity index (χ0n) is 14.9. The smallest absolute Gasteiger partial charge is 0.266 e. The molecule has 1 aromatic carbocycles. The highest BCUT2D eigenvalue weighted by Crippen LogP contribution is 2.93. The van der Waals surface area contributed by atoms with Crippen LogP contribution in [0.15, 0.2) is 29.2 Å². The van der Waals surface area contributed by atoms with Gasteiger partial charge in [0.25, 0.3) is 10.1 Å². The maximum absolute atomic E-state index is 12.7. The van der Waals surface area contributed by atoms with Gasteiger partial charge >= 0.3 is 0 Å². The third-order valence-corrected chi connectivity index (χ3v) is 11.9. The summed E-state index contributed by atoms with van der Waals surface area (Å²) in [4.78, 5) is 0.311. The standard InChI is InChI=1S/C22H24O3S/c1-8-2-4-9(5-3-8)26(23,24)25-7-12-17-19-13-10-6-11-15(13)21(17)22-16(11)14(10)20(19)18(12)22/h2-5,10-22H,6-7H2,1H3/t10?,11?,12?,13-,14+,15+,16-,17?,18?,19-,20-,21+,22-/m1/s1. The van der Waals surface area contributed by atoms with Crippen LogP contribution in [0.3, 0.4) is 0 Å². The Bertz CT molecular complexity index is 882. The van der Waals surface area contributed by atoms with Gasteiger partial charge in [-0.2, -0.15) is 8.42 Å². The Labute approximate surface area is 154 Å². The normalized spacial score (nSPS) is 60.6. The minimum Gasteiger partial charge on any atom is -0.266 e. The molecule has 8 saturated carbocycles. The first kappa shape index (κ1) is 14.2. The number of hydrogen-bond acceptors (Lipinski definition) is 3. The molecule has 0 N–H and O–H groups in total. The highest BCUT2D eigenvalue weighted by atomic mass is 32.2. The Hall–Kier alpha value is -0.870. The van der Waals surface area contributed by atoms with Crippen LogP contribution in [-0.4, -0.2) is 15.0 Å². The lowest BCUT2D eigenvalue weighted by Crippen LogP contribution is -2.21. The quantitative estimate of drug-likeness (QED) is 0.767. The summed E-state index contributed by atoms with van der Waals surface area (Å²) >= 11 is 0. The highest BCUT2D eigenvalue weighted by Gasteiger charge is 2.90. The Balaban J connectivity index is 1.12. The summed E-state index contributed by atoms with van der Waals surface area (Å²) in [6.07, 6.45) is 1.56. The van der Waals surface area contributed by atoms with E-state index >= 15 is 0 Å². The molecule has 5 unspecified atom stereocenters. The Morgan fingerprint density at radius 3 is 1.81 bits per heavy atom. The van der Waals surface area contributed by atoms with Crippen LogP contribution < -0.4 is 0 Å². The topological polar surface area (TPSA) is 43.4 Å². The van der Waals surface area contributed by atoms with Crippen molar-refractivity contribution in [2.45, 2.75) is 18.2 Å². The minimum atomic E-state index is -3.62. The molecule has 0 amide bonds. The van der Waals surface area contributed by atoms with E-state index in [4.69, 9.17) is 4.18 Å². The second-order valence-corrected chi connectivity index (χ2v) is 12.2. The van der Waals surface area contributed by atoms with E-state index in [9.17, 15) is 8.42 Å². The summed E-state index contributed by atoms with van der Waals surface area (Å²) < 4.78 is 31.0. The second kappa shape index (κ2) is 3.96. The molecule has 0 radical (unpaired) electrons. The Morgan fingerprint density at radius 1 is 0.808 bits per heavy atom. The van der Waals surface area contributed by atoms with Crippen molar-refractivity contribution >= 4 is 10.1 Å². The molecule has 4 bridgehead atoms. The van der Waals surface area contributed by atoms with Gasteiger partial charge in [-0.25, -0.2) is 0 Å². The van der Waals surface area contributed by atoms with Gasteiger partial charge < -0.3 is 0 Å². The summed E-state index contributed by atoms with van der Waals surface area (Å²) in [5.74, 6) is 12.3. The fourth-order valence-corrected chi connectivity index (χ4v) is 11.9. The van der Waals surface area contributed by atoms with Gasteiger partial charge in [-0.05, 0) is 102 Å². The number of hydrogen-bond donors (Lipinski definition) is 0. The monoisotopic (exact) mass is 368 g/mol. The molecular weight excluding hydrogens is 344 g/mol. The molecule has 0 aliphatic heterocycles. The summed E-state index contributed by atoms with van der Waals surface area (Å²) in [6.45, 7) is 2.42. The fraction of sp³-hybridized carbons (Fsp3) is 0.727. The molecule has 0 heterocycles. The van der Waals surface area contributed by atoms with Crippen LogP contribution in [0.1, 0.15) is 12.0 Å². The van der Waals surface area contributed by atoms with Crippen molar-refractivity contribution in [3.05, 3.63) is 29.8 Å². The van der Waals surface area contributed by atoms with Crippen molar-refractivity contribution in [2.75, 3.05) is 6.61 Å². The van der Waals surface area contributed by atoms with Gasteiger partial charge in [0.1, 0.15) is 0 Å². The Kier molecular flexibility index (Phi) is 2.16. The predicted molar refractivity (Wildman–Crippen MR) is 94.3 cm³/mol. The number of rotatable bonds is 4. The first-order valence-corrected chi connectivity index (χ1v) is 11.9. The van der Waals surface area contributed by atoms with Crippen molar-refractivity contribution in [1.82, 2.24) is 0 Å². The lowest BCUT2D eigenvalue weighted by molar-refractivity contribution is 0.194. The summed E-state index contributed by atoms with van der Waals surface area (Å²) in [7, 11) is -3.62. The average molecular weight is 368 g/mol. The van der Waals surface area contributed by atoms with Crippen LogP contribution in [0.4, 0.5) is 0 Å². The van der Waals surface area contributed by atoms with Gasteiger partial charge in [0, 0.05) is 0 Å². The van der Waals surface area contributed by atoms with E-state index < -0.39 is 10.1 Å². The van der Waals surface area contributed by atoms with Gasteiger partial charge in [-0.15, -0.1) is 0 Å². The first-order chi connectivity index (χ1) is 12.6. The van der Waals surface area contributed by atoms with E-state index in [0.29, 0.717) is 17.4 Å². The molecule has 0 spiro atoms. The van der Waals surface area contributed by atoms with Crippen molar-refractivity contribution in [3.63, 3.8) is 0 Å². The minimum absolute atomic E-state index is 0.311. The maximum Gasteiger partial charge on any atom is 0.296 e. The lowest BCUT2D eigenvalue weighted by atomic mass is 9.80. The van der Waals surface area contributed by atoms with Gasteiger partial charge in [0.05, 0.1) is 11.5 Å². The lowest BCUT2D eigenvalue weighted by Gasteiger charge is -2.25. The number of benzene rings is 1. The van der Waals surface area contributed by atoms with E-state index in [1.165, 1.54) is 0 Å². The zero-order chi connectivity index (χ0) is 17.1. The molecule has 9 rings (SSSR count). The molecule has 3 nitrogen and oxygen atoms in total. The zero-order valence-corrected chi connectivity index (χ0v) is 15.7. The van der Waals surface area contributed by atoms with Gasteiger partial charge in [0.15, 0.2) is 0 Å². The third kappa shape index (κ3) is 1.20. The maximum atomic E-state index is 12.7. The average Bonchev–Trinajstić information content (AvgIpc) is 3.35. The van der Waals surface area contributed by atoms with Gasteiger partial charge in [-0.1, -0.05) is 17.7 Å². The summed E-state index contributed by atoms with van der Waals surface area (Å²) in [6, 6.07) is 7.06. The highest BCUT2D eigenvalue weighted by molar-refractivity contribution is 7.86. The van der Waals surface area contributed by atoms with E-state index in [2.05, 4.69) is 0 Å². The van der Waals surface area contributed by atoms with Crippen molar-refractivity contribution in [2.24, 2.45) is 76.9 Å². The summed E-state index contributed by atoms with van der Waals surface area (Å²) in [5.41, 5.74) is 1.07. The molecule has 26 heavy (non-hydrogen) atoms. The van der Waals surface area contributed by atoms with Crippen molar-refractivity contribution in [1.29, 1.82) is 0 Å². The second-order valence-electron chi connectivity index (χ2n) is 10.6. The van der Waals surface area contributed by atoms with Gasteiger partial charge in [0.2, 0.25) is 0 Å². The van der Waals surface area contributed by atoms with Crippen molar-refractivity contribution < 1.29 is 12.6 Å². The third-order valence-electron chi connectivity index (χ3n) is 10.6. The molecule has 13 atom stereocenters. The SMILES string of the molecule is Cc1ccc(S(=O)(=O)OCC2C3[C@@H]4[C@H]5C6CC7[C@H]5[C@H]3[C@H]3C2[C@H]4[C@H]6[C@H]73)cc1. The fourth-order valence-electron chi connectivity index (χ4n) is 10.9. The van der Waals surface area contributed by atoms with Crippen LogP contribution in [-0.2, 0) is 14.3 Å². The van der Waals surface area contributed by atoms with E-state index in [1.54, 1.807) is 18.6 Å². The summed E-state index contributed by atoms with van der Waals surface area (Å²) in [5, 5.41) is 0. The van der Waals surface area contributed by atoms with E-state index in [-0.39, 0.29) is 0 Å². The Morgan fingerprint density at radius 2 is 1.31 bits per heavy atom. The molecule has 136 valence electrons. The van der Waals surface area contributed by atoms with E-state index in [1.807, 2.05) is 19.1 Å². The molecule has 4 heteroatoms. The van der Waals surface area contributed by atoms with Gasteiger partial charge in [-0.3, -0.25) is 4.18 Å². The van der Waals surface area contributed by atoms with Crippen LogP contribution in [0, 0.1) is 83.9 Å². The molecule has 8 aliphatic carbocycles. The number of aryl methyl sites for hydroxylation is 1. The van der Waals surface area contributed by atoms with Crippen molar-refractivity contribution in [3.8, 4) is 0 Å². The molecule has 0 aromatic heterocycles.